The van der Waals surface area contributed by atoms with Crippen LogP contribution in [0.25, 0.3) is 0 Å². The number of ether oxygens (including phenoxy) is 2. The van der Waals surface area contributed by atoms with E-state index < -0.39 is 5.97 Å². The van der Waals surface area contributed by atoms with E-state index in [-0.39, 0.29) is 25.2 Å². The van der Waals surface area contributed by atoms with Gasteiger partial charge >= 0.3 is 5.97 Å². The van der Waals surface area contributed by atoms with Crippen LogP contribution in [0, 0.1) is 13.8 Å². The summed E-state index contributed by atoms with van der Waals surface area (Å²) in [6.45, 7) is 4.93. The van der Waals surface area contributed by atoms with E-state index in [1.807, 2.05) is 51.1 Å². The second kappa shape index (κ2) is 9.25. The van der Waals surface area contributed by atoms with Crippen molar-refractivity contribution in [3.05, 3.63) is 64.2 Å². The highest BCUT2D eigenvalue weighted by molar-refractivity contribution is 6.30. The van der Waals surface area contributed by atoms with Crippen LogP contribution in [-0.4, -0.2) is 25.1 Å². The van der Waals surface area contributed by atoms with Gasteiger partial charge in [-0.15, -0.1) is 0 Å². The maximum absolute atomic E-state index is 11.9. The second-order valence-corrected chi connectivity index (χ2v) is 6.45. The number of rotatable bonds is 7. The smallest absolute Gasteiger partial charge is 0.344 e. The van der Waals surface area contributed by atoms with Crippen molar-refractivity contribution in [1.82, 2.24) is 5.32 Å². The third kappa shape index (κ3) is 5.77. The molecule has 0 saturated heterocycles. The highest BCUT2D eigenvalue weighted by atomic mass is 35.5. The van der Waals surface area contributed by atoms with Crippen LogP contribution in [0.2, 0.25) is 5.02 Å². The molecule has 1 N–H and O–H groups in total. The van der Waals surface area contributed by atoms with Gasteiger partial charge in [-0.05, 0) is 49.6 Å². The van der Waals surface area contributed by atoms with Gasteiger partial charge in [-0.3, -0.25) is 4.79 Å². The number of carbonyl (C=O) groups excluding carboxylic acids is 2. The number of hydrogen-bond acceptors (Lipinski definition) is 4. The molecule has 6 heteroatoms. The zero-order valence-electron chi connectivity index (χ0n) is 15.0. The minimum atomic E-state index is -0.610. The first-order chi connectivity index (χ1) is 12.4. The predicted molar refractivity (Wildman–Crippen MR) is 100 cm³/mol. The van der Waals surface area contributed by atoms with E-state index in [1.54, 1.807) is 12.1 Å². The summed E-state index contributed by atoms with van der Waals surface area (Å²) in [5.41, 5.74) is 2.64. The Labute approximate surface area is 158 Å². The second-order valence-electron chi connectivity index (χ2n) is 6.02. The summed E-state index contributed by atoms with van der Waals surface area (Å²) >= 11 is 5.96. The van der Waals surface area contributed by atoms with Crippen LogP contribution >= 0.6 is 11.6 Å². The quantitative estimate of drug-likeness (QED) is 0.748. The first-order valence-electron chi connectivity index (χ1n) is 8.26. The largest absolute Gasteiger partial charge is 0.481 e. The average molecular weight is 376 g/mol. The average Bonchev–Trinajstić information content (AvgIpc) is 2.59. The van der Waals surface area contributed by atoms with Crippen molar-refractivity contribution in [3.8, 4) is 5.75 Å². The van der Waals surface area contributed by atoms with Crippen LogP contribution < -0.4 is 10.1 Å². The van der Waals surface area contributed by atoms with Gasteiger partial charge in [0.2, 0.25) is 0 Å². The number of hydrogen-bond donors (Lipinski definition) is 1. The van der Waals surface area contributed by atoms with Crippen molar-refractivity contribution in [2.24, 2.45) is 0 Å². The Morgan fingerprint density at radius 1 is 1.08 bits per heavy atom. The molecule has 0 unspecified atom stereocenters. The summed E-state index contributed by atoms with van der Waals surface area (Å²) in [6.07, 6.45) is 0. The third-order valence-corrected chi connectivity index (χ3v) is 4.02. The zero-order chi connectivity index (χ0) is 19.1. The number of carbonyl (C=O) groups is 2. The molecular weight excluding hydrogens is 354 g/mol. The van der Waals surface area contributed by atoms with Crippen molar-refractivity contribution in [3.63, 3.8) is 0 Å². The van der Waals surface area contributed by atoms with Crippen LogP contribution in [0.4, 0.5) is 0 Å². The summed E-state index contributed by atoms with van der Waals surface area (Å²) < 4.78 is 10.5. The Morgan fingerprint density at radius 3 is 2.31 bits per heavy atom. The Kier molecular flexibility index (Phi) is 7.04. The van der Waals surface area contributed by atoms with Gasteiger partial charge in [0.05, 0.1) is 6.04 Å². The van der Waals surface area contributed by atoms with E-state index in [4.69, 9.17) is 21.1 Å². The molecule has 0 heterocycles. The fraction of sp³-hybridized carbons (Fsp3) is 0.300. The van der Waals surface area contributed by atoms with Gasteiger partial charge in [0, 0.05) is 5.02 Å². The number of aryl methyl sites for hydroxylation is 2. The lowest BCUT2D eigenvalue weighted by Crippen LogP contribution is -2.32. The molecular formula is C20H22ClNO4. The third-order valence-electron chi connectivity index (χ3n) is 3.80. The predicted octanol–water partition coefficient (Wildman–Crippen LogP) is 3.76. The Bertz CT molecular complexity index is 754. The number of nitrogens with one attached hydrogen (secondary N) is 1. The molecule has 1 atom stereocenters. The number of amides is 1. The fourth-order valence-electron chi connectivity index (χ4n) is 2.55. The lowest BCUT2D eigenvalue weighted by atomic mass is 10.1. The molecule has 26 heavy (non-hydrogen) atoms. The van der Waals surface area contributed by atoms with Crippen molar-refractivity contribution < 1.29 is 19.1 Å². The molecule has 5 nitrogen and oxygen atoms in total. The van der Waals surface area contributed by atoms with Gasteiger partial charge < -0.3 is 14.8 Å². The summed E-state index contributed by atoms with van der Waals surface area (Å²) in [7, 11) is 0. The van der Waals surface area contributed by atoms with Crippen LogP contribution in [0.1, 0.15) is 29.7 Å². The van der Waals surface area contributed by atoms with Gasteiger partial charge in [-0.1, -0.05) is 41.9 Å². The topological polar surface area (TPSA) is 64.6 Å². The van der Waals surface area contributed by atoms with E-state index in [2.05, 4.69) is 5.32 Å². The number of esters is 1. The summed E-state index contributed by atoms with van der Waals surface area (Å²) in [6, 6.07) is 12.9. The minimum absolute atomic E-state index is 0.169. The van der Waals surface area contributed by atoms with Crippen LogP contribution in [0.15, 0.2) is 42.5 Å². The highest BCUT2D eigenvalue weighted by Gasteiger charge is 2.13. The first kappa shape index (κ1) is 19.8. The Balaban J connectivity index is 1.77. The van der Waals surface area contributed by atoms with Gasteiger partial charge in [0.15, 0.2) is 13.2 Å². The maximum atomic E-state index is 11.9. The van der Waals surface area contributed by atoms with Gasteiger partial charge in [0.1, 0.15) is 5.75 Å². The van der Waals surface area contributed by atoms with E-state index in [0.29, 0.717) is 10.8 Å². The first-order valence-corrected chi connectivity index (χ1v) is 8.64. The molecule has 2 aromatic carbocycles. The Hall–Kier alpha value is -2.53. The molecule has 2 rings (SSSR count). The molecule has 0 fully saturated rings. The van der Waals surface area contributed by atoms with Crippen LogP contribution in [0.5, 0.6) is 5.75 Å². The SMILES string of the molecule is Cc1cc(Cl)cc(C)c1OCC(=O)OCC(=O)N[C@@H](C)c1ccccc1. The monoisotopic (exact) mass is 375 g/mol. The molecule has 0 spiro atoms. The van der Waals surface area contributed by atoms with Crippen molar-refractivity contribution >= 4 is 23.5 Å². The molecule has 1 amide bonds. The van der Waals surface area contributed by atoms with Crippen molar-refractivity contribution in [1.29, 1.82) is 0 Å². The van der Waals surface area contributed by atoms with Crippen LogP contribution in [0.3, 0.4) is 0 Å². The summed E-state index contributed by atoms with van der Waals surface area (Å²) in [4.78, 5) is 23.7. The minimum Gasteiger partial charge on any atom is -0.481 e. The van der Waals surface area contributed by atoms with E-state index in [0.717, 1.165) is 16.7 Å². The normalized spacial score (nSPS) is 11.5. The van der Waals surface area contributed by atoms with Gasteiger partial charge in [-0.25, -0.2) is 4.79 Å². The molecule has 0 aliphatic heterocycles. The zero-order valence-corrected chi connectivity index (χ0v) is 15.8. The molecule has 0 radical (unpaired) electrons. The molecule has 0 aliphatic rings. The Morgan fingerprint density at radius 2 is 1.69 bits per heavy atom. The van der Waals surface area contributed by atoms with Crippen LogP contribution in [-0.2, 0) is 14.3 Å². The summed E-state index contributed by atoms with van der Waals surface area (Å²) in [5.74, 6) is -0.386. The highest BCUT2D eigenvalue weighted by Crippen LogP contribution is 2.26. The van der Waals surface area contributed by atoms with Crippen molar-refractivity contribution in [2.45, 2.75) is 26.8 Å². The lowest BCUT2D eigenvalue weighted by Gasteiger charge is -2.15. The van der Waals surface area contributed by atoms with E-state index >= 15 is 0 Å². The molecule has 0 bridgehead atoms. The summed E-state index contributed by atoms with van der Waals surface area (Å²) in [5, 5.41) is 3.39. The van der Waals surface area contributed by atoms with Gasteiger partial charge in [-0.2, -0.15) is 0 Å². The van der Waals surface area contributed by atoms with Crippen molar-refractivity contribution in [2.75, 3.05) is 13.2 Å². The van der Waals surface area contributed by atoms with E-state index in [1.165, 1.54) is 0 Å². The standard InChI is InChI=1S/C20H22ClNO4/c1-13-9-17(21)10-14(2)20(13)26-12-19(24)25-11-18(23)22-15(3)16-7-5-4-6-8-16/h4-10,15H,11-12H2,1-3H3,(H,22,23)/t15-/m0/s1. The van der Waals surface area contributed by atoms with Gasteiger partial charge in [0.25, 0.3) is 5.91 Å². The fourth-order valence-corrected chi connectivity index (χ4v) is 2.88. The molecule has 138 valence electrons. The number of halogens is 1. The number of benzene rings is 2. The molecule has 0 aromatic heterocycles. The maximum Gasteiger partial charge on any atom is 0.344 e. The lowest BCUT2D eigenvalue weighted by molar-refractivity contribution is -0.150. The molecule has 0 saturated carbocycles. The van der Waals surface area contributed by atoms with E-state index in [9.17, 15) is 9.59 Å². The molecule has 0 aliphatic carbocycles. The molecule has 2 aromatic rings.